The Kier molecular flexibility index (Phi) is 5.90. The van der Waals surface area contributed by atoms with Crippen LogP contribution in [0.2, 0.25) is 0 Å². The molecule has 4 aromatic carbocycles. The summed E-state index contributed by atoms with van der Waals surface area (Å²) in [7, 11) is 0. The number of nitrogens with zero attached hydrogens (tertiary/aromatic N) is 1. The Hall–Kier alpha value is -3.97. The minimum absolute atomic E-state index is 0.103. The van der Waals surface area contributed by atoms with Gasteiger partial charge in [0.1, 0.15) is 0 Å². The van der Waals surface area contributed by atoms with Crippen LogP contribution in [-0.4, -0.2) is 4.98 Å². The molecule has 0 amide bonds. The van der Waals surface area contributed by atoms with Crippen LogP contribution in [0.15, 0.2) is 122 Å². The highest BCUT2D eigenvalue weighted by molar-refractivity contribution is 5.63. The summed E-state index contributed by atoms with van der Waals surface area (Å²) >= 11 is 0. The zero-order valence-corrected chi connectivity index (χ0v) is 25.7. The normalized spacial score (nSPS) is 29.1. The van der Waals surface area contributed by atoms with E-state index in [2.05, 4.69) is 135 Å². The molecule has 0 aliphatic heterocycles. The second-order valence-electron chi connectivity index (χ2n) is 14.6. The van der Waals surface area contributed by atoms with Gasteiger partial charge in [-0.2, -0.15) is 0 Å². The molecular formula is C42H41N. The van der Waals surface area contributed by atoms with Gasteiger partial charge in [0.2, 0.25) is 0 Å². The molecule has 214 valence electrons. The molecule has 0 saturated heterocycles. The molecule has 4 aliphatic rings. The van der Waals surface area contributed by atoms with Crippen LogP contribution < -0.4 is 0 Å². The van der Waals surface area contributed by atoms with Gasteiger partial charge >= 0.3 is 0 Å². The summed E-state index contributed by atoms with van der Waals surface area (Å²) in [6.07, 6.45) is 11.1. The van der Waals surface area contributed by atoms with Gasteiger partial charge in [-0.15, -0.1) is 0 Å². The molecule has 9 rings (SSSR count). The maximum atomic E-state index is 4.24. The van der Waals surface area contributed by atoms with Gasteiger partial charge in [-0.3, -0.25) is 4.98 Å². The standard InChI is InChI=1S/C42H41N/c1-30-4-12-35(13-5-30)39-24-40(36-14-6-31(2)7-15-36)26-41(25-39,37-16-8-32(3)9-17-37)29-42(27-39,28-40)38-18-10-33(11-19-38)34-20-22-43-23-21-34/h4-23H,24-29H2,1-3H3. The van der Waals surface area contributed by atoms with Crippen LogP contribution in [-0.2, 0) is 21.7 Å². The average Bonchev–Trinajstić information content (AvgIpc) is 3.02. The van der Waals surface area contributed by atoms with Crippen molar-refractivity contribution in [3.05, 3.63) is 161 Å². The number of hydrogen-bond donors (Lipinski definition) is 0. The third-order valence-corrected chi connectivity index (χ3v) is 11.6. The summed E-state index contributed by atoms with van der Waals surface area (Å²) in [6, 6.07) is 42.8. The molecule has 5 aromatic rings. The van der Waals surface area contributed by atoms with Gasteiger partial charge in [0, 0.05) is 12.4 Å². The lowest BCUT2D eigenvalue weighted by Crippen LogP contribution is -2.67. The summed E-state index contributed by atoms with van der Waals surface area (Å²) in [5.74, 6) is 0. The topological polar surface area (TPSA) is 12.9 Å². The van der Waals surface area contributed by atoms with E-state index in [0.717, 1.165) is 0 Å². The highest BCUT2D eigenvalue weighted by atomic mass is 14.7. The maximum Gasteiger partial charge on any atom is 0.0273 e. The van der Waals surface area contributed by atoms with Crippen molar-refractivity contribution >= 4 is 0 Å². The van der Waals surface area contributed by atoms with Crippen LogP contribution in [0.3, 0.4) is 0 Å². The van der Waals surface area contributed by atoms with Gasteiger partial charge < -0.3 is 0 Å². The molecule has 4 saturated carbocycles. The van der Waals surface area contributed by atoms with Crippen LogP contribution in [0.4, 0.5) is 0 Å². The molecule has 0 spiro atoms. The Morgan fingerprint density at radius 3 is 0.907 bits per heavy atom. The molecule has 1 nitrogen and oxygen atoms in total. The van der Waals surface area contributed by atoms with Crippen molar-refractivity contribution in [1.82, 2.24) is 4.98 Å². The molecular weight excluding hydrogens is 518 g/mol. The van der Waals surface area contributed by atoms with E-state index in [1.165, 1.54) is 71.9 Å². The molecule has 4 aliphatic carbocycles. The van der Waals surface area contributed by atoms with Crippen molar-refractivity contribution in [2.24, 2.45) is 0 Å². The van der Waals surface area contributed by atoms with Gasteiger partial charge in [0.25, 0.3) is 0 Å². The van der Waals surface area contributed by atoms with Crippen LogP contribution >= 0.6 is 0 Å². The number of benzene rings is 4. The first kappa shape index (κ1) is 26.6. The second-order valence-corrected chi connectivity index (χ2v) is 14.6. The maximum absolute atomic E-state index is 4.24. The SMILES string of the molecule is Cc1ccc(C23CC4(c5ccc(C)cc5)CC(c5ccc(C)cc5)(C2)CC(c2ccc(-c5ccncc5)cc2)(C3)C4)cc1. The summed E-state index contributed by atoms with van der Waals surface area (Å²) in [5.41, 5.74) is 13.2. The van der Waals surface area contributed by atoms with E-state index in [0.29, 0.717) is 0 Å². The Bertz CT molecular complexity index is 1610. The molecule has 4 fully saturated rings. The van der Waals surface area contributed by atoms with Crippen molar-refractivity contribution in [3.63, 3.8) is 0 Å². The number of rotatable bonds is 5. The van der Waals surface area contributed by atoms with Crippen molar-refractivity contribution in [2.75, 3.05) is 0 Å². The summed E-state index contributed by atoms with van der Waals surface area (Å²) in [5, 5.41) is 0. The number of hydrogen-bond acceptors (Lipinski definition) is 1. The van der Waals surface area contributed by atoms with Crippen LogP contribution in [0.5, 0.6) is 0 Å². The lowest BCUT2D eigenvalue weighted by atomic mass is 9.32. The second kappa shape index (κ2) is 9.52. The van der Waals surface area contributed by atoms with Crippen molar-refractivity contribution < 1.29 is 0 Å². The first-order valence-electron chi connectivity index (χ1n) is 16.0. The minimum atomic E-state index is 0.103. The van der Waals surface area contributed by atoms with E-state index in [1.807, 2.05) is 12.4 Å². The molecule has 0 radical (unpaired) electrons. The molecule has 1 heterocycles. The van der Waals surface area contributed by atoms with Crippen LogP contribution in [0, 0.1) is 20.8 Å². The average molecular weight is 560 g/mol. The molecule has 43 heavy (non-hydrogen) atoms. The molecule has 0 atom stereocenters. The van der Waals surface area contributed by atoms with E-state index in [1.54, 1.807) is 16.7 Å². The predicted molar refractivity (Wildman–Crippen MR) is 178 cm³/mol. The van der Waals surface area contributed by atoms with E-state index < -0.39 is 0 Å². The Labute approximate surface area is 257 Å². The van der Waals surface area contributed by atoms with E-state index in [4.69, 9.17) is 0 Å². The van der Waals surface area contributed by atoms with Gasteiger partial charge in [-0.05, 0) is 126 Å². The van der Waals surface area contributed by atoms with Crippen molar-refractivity contribution in [3.8, 4) is 11.1 Å². The largest absolute Gasteiger partial charge is 0.265 e. The summed E-state index contributed by atoms with van der Waals surface area (Å²) < 4.78 is 0. The van der Waals surface area contributed by atoms with E-state index in [-0.39, 0.29) is 21.7 Å². The van der Waals surface area contributed by atoms with Crippen molar-refractivity contribution in [1.29, 1.82) is 0 Å². The van der Waals surface area contributed by atoms with Gasteiger partial charge in [0.15, 0.2) is 0 Å². The monoisotopic (exact) mass is 559 g/mol. The smallest absolute Gasteiger partial charge is 0.0273 e. The summed E-state index contributed by atoms with van der Waals surface area (Å²) in [6.45, 7) is 6.66. The predicted octanol–water partition coefficient (Wildman–Crippen LogP) is 10.1. The molecule has 1 heteroatoms. The fraction of sp³-hybridized carbons (Fsp3) is 0.310. The van der Waals surface area contributed by atoms with Gasteiger partial charge in [0.05, 0.1) is 0 Å². The quantitative estimate of drug-likeness (QED) is 0.209. The lowest BCUT2D eigenvalue weighted by molar-refractivity contribution is -0.0691. The molecule has 0 N–H and O–H groups in total. The van der Waals surface area contributed by atoms with Gasteiger partial charge in [-0.1, -0.05) is 114 Å². The molecule has 1 aromatic heterocycles. The third-order valence-electron chi connectivity index (χ3n) is 11.6. The Morgan fingerprint density at radius 1 is 0.349 bits per heavy atom. The first-order chi connectivity index (χ1) is 20.8. The first-order valence-corrected chi connectivity index (χ1v) is 16.0. The lowest BCUT2D eigenvalue weighted by Gasteiger charge is -2.71. The number of pyridine rings is 1. The Morgan fingerprint density at radius 2 is 0.605 bits per heavy atom. The van der Waals surface area contributed by atoms with E-state index in [9.17, 15) is 0 Å². The minimum Gasteiger partial charge on any atom is -0.265 e. The Balaban J connectivity index is 1.35. The highest BCUT2D eigenvalue weighted by Gasteiger charge is 2.69. The fourth-order valence-corrected chi connectivity index (χ4v) is 10.1. The highest BCUT2D eigenvalue weighted by Crippen LogP contribution is 2.74. The molecule has 4 bridgehead atoms. The number of aromatic nitrogens is 1. The summed E-state index contributed by atoms with van der Waals surface area (Å²) in [4.78, 5) is 4.24. The van der Waals surface area contributed by atoms with E-state index >= 15 is 0 Å². The third kappa shape index (κ3) is 4.23. The van der Waals surface area contributed by atoms with Crippen LogP contribution in [0.25, 0.3) is 11.1 Å². The zero-order chi connectivity index (χ0) is 29.3. The number of aryl methyl sites for hydroxylation is 3. The van der Waals surface area contributed by atoms with Crippen LogP contribution in [0.1, 0.15) is 77.5 Å². The fourth-order valence-electron chi connectivity index (χ4n) is 10.1. The van der Waals surface area contributed by atoms with Gasteiger partial charge in [-0.25, -0.2) is 0 Å². The zero-order valence-electron chi connectivity index (χ0n) is 25.7. The van der Waals surface area contributed by atoms with Crippen molar-refractivity contribution in [2.45, 2.75) is 81.0 Å². The molecule has 0 unspecified atom stereocenters.